The highest BCUT2D eigenvalue weighted by atomic mass is 31.2. The maximum Gasteiger partial charge on any atom is 0.371 e. The van der Waals surface area contributed by atoms with E-state index >= 15 is 0 Å². The summed E-state index contributed by atoms with van der Waals surface area (Å²) in [7, 11) is -3.24. The Kier molecular flexibility index (Phi) is 6.03. The van der Waals surface area contributed by atoms with Crippen LogP contribution in [0, 0.1) is 11.1 Å². The van der Waals surface area contributed by atoms with Gasteiger partial charge in [0.05, 0.1) is 6.61 Å². The van der Waals surface area contributed by atoms with Crippen molar-refractivity contribution in [2.75, 3.05) is 13.2 Å². The summed E-state index contributed by atoms with van der Waals surface area (Å²) in [5, 5.41) is 8.88. The first-order valence-corrected chi connectivity index (χ1v) is 6.52. The molecule has 0 aromatic heterocycles. The van der Waals surface area contributed by atoms with Crippen LogP contribution in [-0.2, 0) is 9.09 Å². The zero-order chi connectivity index (χ0) is 11.2. The van der Waals surface area contributed by atoms with Gasteiger partial charge in [-0.1, -0.05) is 6.92 Å². The SMILES string of the molecule is CCCN(C(C)C)P(=O)(C#N)OCC. The fraction of sp³-hybridized carbons (Fsp3) is 0.889. The lowest BCUT2D eigenvalue weighted by atomic mass is 10.4. The van der Waals surface area contributed by atoms with Gasteiger partial charge in [0, 0.05) is 12.6 Å². The number of rotatable bonds is 6. The zero-order valence-electron chi connectivity index (χ0n) is 9.36. The van der Waals surface area contributed by atoms with Crippen molar-refractivity contribution in [3.05, 3.63) is 0 Å². The molecule has 0 aromatic carbocycles. The molecule has 0 heterocycles. The van der Waals surface area contributed by atoms with Crippen LogP contribution in [0.3, 0.4) is 0 Å². The molecule has 0 spiro atoms. The largest absolute Gasteiger partial charge is 0.371 e. The van der Waals surface area contributed by atoms with E-state index in [4.69, 9.17) is 9.79 Å². The Bertz CT molecular complexity index is 248. The molecule has 5 heteroatoms. The minimum atomic E-state index is -3.24. The third kappa shape index (κ3) is 3.42. The Morgan fingerprint density at radius 1 is 1.50 bits per heavy atom. The predicted molar refractivity (Wildman–Crippen MR) is 57.0 cm³/mol. The van der Waals surface area contributed by atoms with Crippen LogP contribution in [0.4, 0.5) is 0 Å². The molecule has 14 heavy (non-hydrogen) atoms. The first-order chi connectivity index (χ1) is 6.51. The average molecular weight is 218 g/mol. The molecule has 0 amide bonds. The van der Waals surface area contributed by atoms with Crippen LogP contribution in [-0.4, -0.2) is 23.9 Å². The van der Waals surface area contributed by atoms with Gasteiger partial charge in [0.25, 0.3) is 0 Å². The van der Waals surface area contributed by atoms with Gasteiger partial charge in [-0.05, 0) is 27.2 Å². The topological polar surface area (TPSA) is 53.3 Å². The number of nitriles is 1. The van der Waals surface area contributed by atoms with Gasteiger partial charge in [-0.2, -0.15) is 5.26 Å². The molecule has 4 nitrogen and oxygen atoms in total. The van der Waals surface area contributed by atoms with Gasteiger partial charge >= 0.3 is 7.52 Å². The molecule has 0 aromatic rings. The molecule has 1 unspecified atom stereocenters. The third-order valence-electron chi connectivity index (χ3n) is 1.82. The van der Waals surface area contributed by atoms with E-state index in [1.807, 2.05) is 20.8 Å². The van der Waals surface area contributed by atoms with Gasteiger partial charge in [-0.3, -0.25) is 4.57 Å². The molecule has 0 aliphatic carbocycles. The van der Waals surface area contributed by atoms with Crippen LogP contribution in [0.2, 0.25) is 0 Å². The highest BCUT2D eigenvalue weighted by Gasteiger charge is 2.32. The van der Waals surface area contributed by atoms with Crippen LogP contribution < -0.4 is 0 Å². The van der Waals surface area contributed by atoms with Crippen LogP contribution in [0.25, 0.3) is 0 Å². The lowest BCUT2D eigenvalue weighted by molar-refractivity contribution is 0.257. The molecule has 0 N–H and O–H groups in total. The molecule has 0 saturated heterocycles. The summed E-state index contributed by atoms with van der Waals surface area (Å²) in [6.07, 6.45) is 0.858. The standard InChI is InChI=1S/C9H19N2O2P/c1-5-7-11(9(3)4)14(12,8-10)13-6-2/h9H,5-7H2,1-4H3. The van der Waals surface area contributed by atoms with E-state index in [9.17, 15) is 4.57 Å². The molecule has 0 aliphatic heterocycles. The Balaban J connectivity index is 4.76. The molecule has 1 atom stereocenters. The summed E-state index contributed by atoms with van der Waals surface area (Å²) in [6, 6.07) is 0.0620. The molecule has 0 fully saturated rings. The summed E-state index contributed by atoms with van der Waals surface area (Å²) in [5.74, 6) is 1.80. The number of hydrogen-bond acceptors (Lipinski definition) is 3. The summed E-state index contributed by atoms with van der Waals surface area (Å²) in [4.78, 5) is 0. The first kappa shape index (κ1) is 13.6. The number of nitrogens with zero attached hydrogens (tertiary/aromatic N) is 2. The van der Waals surface area contributed by atoms with E-state index in [-0.39, 0.29) is 6.04 Å². The lowest BCUT2D eigenvalue weighted by Crippen LogP contribution is -2.29. The molecular weight excluding hydrogens is 199 g/mol. The Hall–Kier alpha value is -0.360. The summed E-state index contributed by atoms with van der Waals surface area (Å²) in [6.45, 7) is 8.50. The van der Waals surface area contributed by atoms with Crippen LogP contribution >= 0.6 is 7.52 Å². The minimum Gasteiger partial charge on any atom is -0.307 e. The molecule has 82 valence electrons. The van der Waals surface area contributed by atoms with Crippen LogP contribution in [0.1, 0.15) is 34.1 Å². The van der Waals surface area contributed by atoms with Crippen molar-refractivity contribution in [1.29, 1.82) is 5.26 Å². The monoisotopic (exact) mass is 218 g/mol. The summed E-state index contributed by atoms with van der Waals surface area (Å²) < 4.78 is 18.8. The summed E-state index contributed by atoms with van der Waals surface area (Å²) >= 11 is 0. The minimum absolute atomic E-state index is 0.0620. The van der Waals surface area contributed by atoms with Gasteiger partial charge in [-0.15, -0.1) is 0 Å². The van der Waals surface area contributed by atoms with Crippen molar-refractivity contribution in [1.82, 2.24) is 4.67 Å². The molecule has 0 aliphatic rings. The maximum absolute atomic E-state index is 12.1. The Morgan fingerprint density at radius 2 is 2.07 bits per heavy atom. The molecule has 0 bridgehead atoms. The quantitative estimate of drug-likeness (QED) is 0.643. The van der Waals surface area contributed by atoms with E-state index in [1.54, 1.807) is 17.4 Å². The highest BCUT2D eigenvalue weighted by Crippen LogP contribution is 2.50. The van der Waals surface area contributed by atoms with E-state index in [0.717, 1.165) is 6.42 Å². The van der Waals surface area contributed by atoms with Crippen molar-refractivity contribution >= 4 is 7.52 Å². The predicted octanol–water partition coefficient (Wildman–Crippen LogP) is 2.82. The van der Waals surface area contributed by atoms with Gasteiger partial charge in [0.2, 0.25) is 0 Å². The first-order valence-electron chi connectivity index (χ1n) is 4.94. The van der Waals surface area contributed by atoms with E-state index in [0.29, 0.717) is 13.2 Å². The van der Waals surface area contributed by atoms with Gasteiger partial charge in [0.15, 0.2) is 5.81 Å². The Morgan fingerprint density at radius 3 is 2.36 bits per heavy atom. The van der Waals surface area contributed by atoms with E-state index in [1.165, 1.54) is 0 Å². The van der Waals surface area contributed by atoms with Crippen molar-refractivity contribution < 1.29 is 9.09 Å². The van der Waals surface area contributed by atoms with Crippen LogP contribution in [0.15, 0.2) is 0 Å². The van der Waals surface area contributed by atoms with Crippen molar-refractivity contribution in [3.8, 4) is 5.81 Å². The second-order valence-electron chi connectivity index (χ2n) is 3.30. The lowest BCUT2D eigenvalue weighted by Gasteiger charge is -2.28. The molecular formula is C9H19N2O2P. The third-order valence-corrected chi connectivity index (χ3v) is 4.02. The highest BCUT2D eigenvalue weighted by molar-refractivity contribution is 7.61. The van der Waals surface area contributed by atoms with Gasteiger partial charge in [-0.25, -0.2) is 4.67 Å². The van der Waals surface area contributed by atoms with Gasteiger partial charge in [0.1, 0.15) is 0 Å². The van der Waals surface area contributed by atoms with Gasteiger partial charge < -0.3 is 4.52 Å². The van der Waals surface area contributed by atoms with E-state index < -0.39 is 7.52 Å². The summed E-state index contributed by atoms with van der Waals surface area (Å²) in [5.41, 5.74) is 0. The maximum atomic E-state index is 12.1. The molecule has 0 radical (unpaired) electrons. The van der Waals surface area contributed by atoms with Crippen molar-refractivity contribution in [2.45, 2.75) is 40.2 Å². The average Bonchev–Trinajstić information content (AvgIpc) is 2.14. The smallest absolute Gasteiger partial charge is 0.307 e. The second-order valence-corrected chi connectivity index (χ2v) is 5.31. The zero-order valence-corrected chi connectivity index (χ0v) is 10.3. The van der Waals surface area contributed by atoms with Crippen LogP contribution in [0.5, 0.6) is 0 Å². The number of hydrogen-bond donors (Lipinski definition) is 0. The molecule has 0 saturated carbocycles. The second kappa shape index (κ2) is 6.19. The van der Waals surface area contributed by atoms with Crippen molar-refractivity contribution in [2.24, 2.45) is 0 Å². The fourth-order valence-corrected chi connectivity index (χ4v) is 3.00. The van der Waals surface area contributed by atoms with Crippen molar-refractivity contribution in [3.63, 3.8) is 0 Å². The Labute approximate surface area is 86.4 Å². The molecule has 0 rings (SSSR count). The van der Waals surface area contributed by atoms with E-state index in [2.05, 4.69) is 0 Å². The fourth-order valence-electron chi connectivity index (χ4n) is 1.26. The normalized spacial score (nSPS) is 15.5.